The quantitative estimate of drug-likeness (QED) is 0.219. The predicted octanol–water partition coefficient (Wildman–Crippen LogP) is 8.71. The van der Waals surface area contributed by atoms with Gasteiger partial charge in [-0.3, -0.25) is 0 Å². The number of aryl methyl sites for hydroxylation is 1. The molecule has 0 saturated carbocycles. The van der Waals surface area contributed by atoms with E-state index in [0.29, 0.717) is 11.3 Å². The molecule has 2 heterocycles. The molecule has 204 valence electrons. The minimum Gasteiger partial charge on any atom is -0.456 e. The van der Waals surface area contributed by atoms with Crippen LogP contribution >= 0.6 is 0 Å². The molecular formula is C35H36N2O3. The molecule has 4 aromatic carbocycles. The van der Waals surface area contributed by atoms with Crippen LogP contribution in [0, 0.1) is 6.92 Å². The lowest BCUT2D eigenvalue weighted by Gasteiger charge is -2.40. The van der Waals surface area contributed by atoms with E-state index >= 15 is 0 Å². The van der Waals surface area contributed by atoms with Crippen molar-refractivity contribution in [2.24, 2.45) is 0 Å². The van der Waals surface area contributed by atoms with E-state index in [-0.39, 0.29) is 5.97 Å². The number of benzene rings is 4. The summed E-state index contributed by atoms with van der Waals surface area (Å²) in [5, 5.41) is 3.66. The van der Waals surface area contributed by atoms with Gasteiger partial charge in [0, 0.05) is 35.6 Å². The Labute approximate surface area is 236 Å². The highest BCUT2D eigenvalue weighted by atomic mass is 16.6. The molecule has 40 heavy (non-hydrogen) atoms. The van der Waals surface area contributed by atoms with Gasteiger partial charge in [-0.15, -0.1) is 0 Å². The first-order valence-corrected chi connectivity index (χ1v) is 14.4. The van der Waals surface area contributed by atoms with Crippen molar-refractivity contribution < 1.29 is 14.3 Å². The summed E-state index contributed by atoms with van der Waals surface area (Å²) in [6.07, 6.45) is 4.36. The summed E-state index contributed by atoms with van der Waals surface area (Å²) >= 11 is 0. The van der Waals surface area contributed by atoms with Crippen molar-refractivity contribution in [2.45, 2.75) is 52.1 Å². The number of ether oxygens (including phenoxy) is 2. The highest BCUT2D eigenvalue weighted by Crippen LogP contribution is 2.60. The van der Waals surface area contributed by atoms with Crippen LogP contribution in [0.15, 0.2) is 84.9 Å². The molecule has 1 atom stereocenters. The van der Waals surface area contributed by atoms with Crippen LogP contribution in [0.25, 0.3) is 0 Å². The molecule has 5 heteroatoms. The maximum absolute atomic E-state index is 13.8. The van der Waals surface area contributed by atoms with Crippen LogP contribution < -0.4 is 15.0 Å². The van der Waals surface area contributed by atoms with Crippen LogP contribution in [-0.4, -0.2) is 19.1 Å². The van der Waals surface area contributed by atoms with Gasteiger partial charge in [-0.05, 0) is 61.7 Å². The summed E-state index contributed by atoms with van der Waals surface area (Å²) < 4.78 is 13.2. The number of fused-ring (bicyclic) bond motifs is 6. The summed E-state index contributed by atoms with van der Waals surface area (Å²) in [7, 11) is 0. The Bertz CT molecular complexity index is 1540. The van der Waals surface area contributed by atoms with Crippen molar-refractivity contribution in [1.82, 2.24) is 0 Å². The maximum atomic E-state index is 13.8. The fourth-order valence-electron chi connectivity index (χ4n) is 6.05. The number of nitrogens with one attached hydrogen (secondary N) is 1. The summed E-state index contributed by atoms with van der Waals surface area (Å²) in [5.74, 6) is 1.10. The largest absolute Gasteiger partial charge is 0.456 e. The zero-order valence-corrected chi connectivity index (χ0v) is 23.5. The van der Waals surface area contributed by atoms with E-state index in [9.17, 15) is 4.79 Å². The lowest BCUT2D eigenvalue weighted by atomic mass is 9.75. The fraction of sp³-hybridized carbons (Fsp3) is 0.286. The lowest BCUT2D eigenvalue weighted by Crippen LogP contribution is -2.37. The van der Waals surface area contributed by atoms with Crippen molar-refractivity contribution in [3.8, 4) is 11.5 Å². The Kier molecular flexibility index (Phi) is 6.97. The highest BCUT2D eigenvalue weighted by molar-refractivity contribution is 6.01. The number of nitrogens with zero attached hydrogens (tertiary/aromatic N) is 1. The summed E-state index contributed by atoms with van der Waals surface area (Å²) in [5.41, 5.74) is 5.94. The summed E-state index contributed by atoms with van der Waals surface area (Å²) in [6, 6.07) is 28.2. The molecule has 1 spiro atoms. The van der Waals surface area contributed by atoms with Crippen molar-refractivity contribution in [2.75, 3.05) is 23.3 Å². The predicted molar refractivity (Wildman–Crippen MR) is 161 cm³/mol. The van der Waals surface area contributed by atoms with Crippen LogP contribution in [0.3, 0.4) is 0 Å². The van der Waals surface area contributed by atoms with Gasteiger partial charge >= 0.3 is 5.97 Å². The molecule has 0 fully saturated rings. The molecule has 5 nitrogen and oxygen atoms in total. The second-order valence-corrected chi connectivity index (χ2v) is 10.7. The number of carbonyl (C=O) groups excluding carboxylic acids is 1. The third-order valence-corrected chi connectivity index (χ3v) is 8.02. The number of carbonyl (C=O) groups is 1. The van der Waals surface area contributed by atoms with E-state index in [1.54, 1.807) is 0 Å². The molecule has 0 aromatic heterocycles. The topological polar surface area (TPSA) is 50.8 Å². The van der Waals surface area contributed by atoms with E-state index in [0.717, 1.165) is 83.8 Å². The normalized spacial score (nSPS) is 16.5. The van der Waals surface area contributed by atoms with Gasteiger partial charge in [0.25, 0.3) is 0 Å². The van der Waals surface area contributed by atoms with Gasteiger partial charge in [-0.2, -0.15) is 0 Å². The second kappa shape index (κ2) is 10.7. The minimum absolute atomic E-state index is 0.322. The Hall–Kier alpha value is -4.25. The summed E-state index contributed by atoms with van der Waals surface area (Å²) in [6.45, 7) is 8.37. The molecular weight excluding hydrogens is 496 g/mol. The van der Waals surface area contributed by atoms with Crippen molar-refractivity contribution in [1.29, 1.82) is 0 Å². The summed E-state index contributed by atoms with van der Waals surface area (Å²) in [4.78, 5) is 16.3. The van der Waals surface area contributed by atoms with E-state index in [1.165, 1.54) is 0 Å². The lowest BCUT2D eigenvalue weighted by molar-refractivity contribution is 0.0227. The third-order valence-electron chi connectivity index (χ3n) is 8.02. The van der Waals surface area contributed by atoms with Gasteiger partial charge in [0.1, 0.15) is 11.5 Å². The minimum atomic E-state index is -1.16. The van der Waals surface area contributed by atoms with Crippen LogP contribution in [0.2, 0.25) is 0 Å². The van der Waals surface area contributed by atoms with Gasteiger partial charge in [-0.25, -0.2) is 4.79 Å². The van der Waals surface area contributed by atoms with Crippen LogP contribution in [0.5, 0.6) is 11.5 Å². The van der Waals surface area contributed by atoms with E-state index in [1.807, 2.05) is 72.8 Å². The number of anilines is 3. The molecule has 1 unspecified atom stereocenters. The number of esters is 1. The maximum Gasteiger partial charge on any atom is 0.340 e. The number of unbranched alkanes of at least 4 members (excludes halogenated alkanes) is 2. The SMILES string of the molecule is CCCCN(CCCC)c1cccc2c1C1(OC(=O)c3ccc(C)c(Nc4ccccc4)c31)c1ccccc1O2. The average Bonchev–Trinajstić information content (AvgIpc) is 3.27. The third kappa shape index (κ3) is 4.21. The Morgan fingerprint density at radius 1 is 0.775 bits per heavy atom. The first-order valence-electron chi connectivity index (χ1n) is 14.4. The van der Waals surface area contributed by atoms with Gasteiger partial charge < -0.3 is 19.7 Å². The Morgan fingerprint density at radius 3 is 2.23 bits per heavy atom. The zero-order valence-electron chi connectivity index (χ0n) is 23.5. The molecule has 2 aliphatic rings. The second-order valence-electron chi connectivity index (χ2n) is 10.7. The van der Waals surface area contributed by atoms with Crippen molar-refractivity contribution in [3.63, 3.8) is 0 Å². The monoisotopic (exact) mass is 532 g/mol. The molecule has 0 amide bonds. The highest BCUT2D eigenvalue weighted by Gasteiger charge is 2.56. The first kappa shape index (κ1) is 26.0. The molecule has 0 aliphatic carbocycles. The van der Waals surface area contributed by atoms with Crippen LogP contribution in [0.1, 0.15) is 72.1 Å². The smallest absolute Gasteiger partial charge is 0.340 e. The fourth-order valence-corrected chi connectivity index (χ4v) is 6.05. The van der Waals surface area contributed by atoms with Crippen LogP contribution in [-0.2, 0) is 10.3 Å². The van der Waals surface area contributed by atoms with Crippen molar-refractivity contribution >= 4 is 23.0 Å². The molecule has 1 N–H and O–H groups in total. The van der Waals surface area contributed by atoms with Crippen LogP contribution in [0.4, 0.5) is 17.1 Å². The number of para-hydroxylation sites is 2. The Balaban J connectivity index is 1.66. The van der Waals surface area contributed by atoms with Gasteiger partial charge in [0.15, 0.2) is 5.60 Å². The number of hydrogen-bond acceptors (Lipinski definition) is 5. The van der Waals surface area contributed by atoms with Gasteiger partial charge in [0.05, 0.1) is 16.8 Å². The molecule has 0 radical (unpaired) electrons. The molecule has 6 rings (SSSR count). The number of hydrogen-bond donors (Lipinski definition) is 1. The van der Waals surface area contributed by atoms with E-state index in [2.05, 4.69) is 43.1 Å². The average molecular weight is 533 g/mol. The Morgan fingerprint density at radius 2 is 1.48 bits per heavy atom. The standard InChI is InChI=1S/C35H36N2O3/c1-4-6-22-37(23-7-5-2)28-17-13-19-30-32(28)35(27-16-11-12-18-29(27)39-30)31-26(34(38)40-35)21-20-24(3)33(31)36-25-14-9-8-10-15-25/h8-21,36H,4-7,22-23H2,1-3H3. The molecule has 4 aromatic rings. The molecule has 2 aliphatic heterocycles. The molecule has 0 bridgehead atoms. The number of rotatable bonds is 9. The van der Waals surface area contributed by atoms with Gasteiger partial charge in [0.2, 0.25) is 0 Å². The van der Waals surface area contributed by atoms with Crippen molar-refractivity contribution in [3.05, 3.63) is 113 Å². The van der Waals surface area contributed by atoms with E-state index < -0.39 is 5.60 Å². The van der Waals surface area contributed by atoms with E-state index in [4.69, 9.17) is 9.47 Å². The first-order chi connectivity index (χ1) is 19.6. The molecule has 0 saturated heterocycles. The van der Waals surface area contributed by atoms with Gasteiger partial charge in [-0.1, -0.05) is 75.2 Å². The zero-order chi connectivity index (χ0) is 27.7.